The Balaban J connectivity index is 1.99. The maximum Gasteiger partial charge on any atom is 0.234 e. The zero-order valence-electron chi connectivity index (χ0n) is 11.5. The van der Waals surface area contributed by atoms with Gasteiger partial charge in [-0.3, -0.25) is 4.79 Å². The predicted molar refractivity (Wildman–Crippen MR) is 78.3 cm³/mol. The molecule has 0 bridgehead atoms. The van der Waals surface area contributed by atoms with Gasteiger partial charge in [-0.25, -0.2) is 0 Å². The molecule has 0 aromatic heterocycles. The largest absolute Gasteiger partial charge is 0.396 e. The van der Waals surface area contributed by atoms with Gasteiger partial charge in [0.2, 0.25) is 5.91 Å². The van der Waals surface area contributed by atoms with Crippen molar-refractivity contribution in [3.63, 3.8) is 0 Å². The number of hydrogen-bond donors (Lipinski definition) is 2. The fraction of sp³-hybridized carbons (Fsp3) is 0.533. The van der Waals surface area contributed by atoms with Crippen LogP contribution in [0.15, 0.2) is 29.2 Å². The molecule has 0 aliphatic carbocycles. The first-order valence-corrected chi connectivity index (χ1v) is 7.63. The summed E-state index contributed by atoms with van der Waals surface area (Å²) in [5.41, 5.74) is 0.953. The Labute approximate surface area is 118 Å². The molecule has 1 aliphatic rings. The molecular formula is C15H21NO2S. The van der Waals surface area contributed by atoms with E-state index < -0.39 is 0 Å². The van der Waals surface area contributed by atoms with Crippen molar-refractivity contribution in [3.05, 3.63) is 29.8 Å². The summed E-state index contributed by atoms with van der Waals surface area (Å²) in [6, 6.07) is 8.18. The minimum Gasteiger partial charge on any atom is -0.396 e. The lowest BCUT2D eigenvalue weighted by atomic mass is 9.94. The number of rotatable bonds is 5. The predicted octanol–water partition coefficient (Wildman–Crippen LogP) is 2.37. The van der Waals surface area contributed by atoms with Gasteiger partial charge >= 0.3 is 0 Å². The van der Waals surface area contributed by atoms with E-state index in [-0.39, 0.29) is 23.3 Å². The van der Waals surface area contributed by atoms with E-state index in [1.54, 1.807) is 11.8 Å². The first kappa shape index (κ1) is 14.4. The molecule has 1 aromatic carbocycles. The molecule has 2 atom stereocenters. The second-order valence-corrected chi connectivity index (χ2v) is 6.54. The highest BCUT2D eigenvalue weighted by atomic mass is 32.2. The smallest absolute Gasteiger partial charge is 0.234 e. The third-order valence-corrected chi connectivity index (χ3v) is 5.13. The molecule has 1 aromatic rings. The number of carbonyl (C=O) groups excluding carboxylic acids is 1. The SMILES string of the molecule is CCC(C)(CCO)NC(=O)C1Cc2ccccc2S1. The minimum absolute atomic E-state index is 0.0398. The molecule has 19 heavy (non-hydrogen) atoms. The van der Waals surface area contributed by atoms with Gasteiger partial charge in [0.1, 0.15) is 0 Å². The Morgan fingerprint density at radius 3 is 2.89 bits per heavy atom. The van der Waals surface area contributed by atoms with Gasteiger partial charge in [0.15, 0.2) is 0 Å². The zero-order valence-corrected chi connectivity index (χ0v) is 12.3. The topological polar surface area (TPSA) is 49.3 Å². The molecule has 2 rings (SSSR count). The van der Waals surface area contributed by atoms with Crippen molar-refractivity contribution in [2.75, 3.05) is 6.61 Å². The van der Waals surface area contributed by atoms with E-state index >= 15 is 0 Å². The number of benzene rings is 1. The molecule has 104 valence electrons. The molecule has 0 saturated heterocycles. The normalized spacial score (nSPS) is 20.7. The second kappa shape index (κ2) is 5.97. The van der Waals surface area contributed by atoms with Gasteiger partial charge < -0.3 is 10.4 Å². The molecule has 1 aliphatic heterocycles. The van der Waals surface area contributed by atoms with Crippen LogP contribution in [-0.4, -0.2) is 28.4 Å². The number of aliphatic hydroxyl groups is 1. The van der Waals surface area contributed by atoms with Crippen molar-refractivity contribution in [1.29, 1.82) is 0 Å². The van der Waals surface area contributed by atoms with E-state index in [2.05, 4.69) is 17.4 Å². The van der Waals surface area contributed by atoms with E-state index in [9.17, 15) is 4.79 Å². The number of amides is 1. The summed E-state index contributed by atoms with van der Waals surface area (Å²) in [6.07, 6.45) is 2.22. The van der Waals surface area contributed by atoms with Crippen LogP contribution in [0.3, 0.4) is 0 Å². The standard InChI is InChI=1S/C15H21NO2S/c1-3-15(2,8-9-17)16-14(18)13-10-11-6-4-5-7-12(11)19-13/h4-7,13,17H,3,8-10H2,1-2H3,(H,16,18). The highest BCUT2D eigenvalue weighted by molar-refractivity contribution is 8.01. The quantitative estimate of drug-likeness (QED) is 0.870. The first-order valence-electron chi connectivity index (χ1n) is 6.75. The van der Waals surface area contributed by atoms with Crippen LogP contribution in [-0.2, 0) is 11.2 Å². The summed E-state index contributed by atoms with van der Waals surface area (Å²) in [7, 11) is 0. The lowest BCUT2D eigenvalue weighted by Crippen LogP contribution is -2.49. The van der Waals surface area contributed by atoms with Crippen LogP contribution in [0, 0.1) is 0 Å². The van der Waals surface area contributed by atoms with Crippen molar-refractivity contribution in [2.45, 2.75) is 48.8 Å². The Kier molecular flexibility index (Phi) is 4.53. The summed E-state index contributed by atoms with van der Waals surface area (Å²) in [4.78, 5) is 13.6. The molecule has 2 N–H and O–H groups in total. The molecule has 0 radical (unpaired) electrons. The average molecular weight is 279 g/mol. The van der Waals surface area contributed by atoms with Crippen LogP contribution in [0.25, 0.3) is 0 Å². The van der Waals surface area contributed by atoms with Gasteiger partial charge in [-0.1, -0.05) is 25.1 Å². The molecule has 0 spiro atoms. The van der Waals surface area contributed by atoms with Crippen LogP contribution in [0.2, 0.25) is 0 Å². The molecule has 1 amide bonds. The van der Waals surface area contributed by atoms with E-state index in [0.717, 1.165) is 12.8 Å². The summed E-state index contributed by atoms with van der Waals surface area (Å²) in [5.74, 6) is 0.0824. The Morgan fingerprint density at radius 1 is 1.53 bits per heavy atom. The summed E-state index contributed by atoms with van der Waals surface area (Å²) in [6.45, 7) is 4.13. The average Bonchev–Trinajstić information content (AvgIpc) is 2.83. The maximum absolute atomic E-state index is 12.3. The minimum atomic E-state index is -0.304. The number of nitrogens with one attached hydrogen (secondary N) is 1. The number of aliphatic hydroxyl groups excluding tert-OH is 1. The van der Waals surface area contributed by atoms with Crippen LogP contribution in [0.5, 0.6) is 0 Å². The van der Waals surface area contributed by atoms with Crippen molar-refractivity contribution in [3.8, 4) is 0 Å². The first-order chi connectivity index (χ1) is 9.08. The molecule has 1 heterocycles. The summed E-state index contributed by atoms with van der Waals surface area (Å²) < 4.78 is 0. The van der Waals surface area contributed by atoms with E-state index in [0.29, 0.717) is 6.42 Å². The lowest BCUT2D eigenvalue weighted by molar-refractivity contribution is -0.122. The molecule has 0 fully saturated rings. The van der Waals surface area contributed by atoms with Gasteiger partial charge in [-0.2, -0.15) is 0 Å². The highest BCUT2D eigenvalue weighted by Crippen LogP contribution is 2.37. The number of carbonyl (C=O) groups is 1. The number of thioether (sulfide) groups is 1. The van der Waals surface area contributed by atoms with Gasteiger partial charge in [-0.05, 0) is 37.8 Å². The molecule has 3 nitrogen and oxygen atoms in total. The van der Waals surface area contributed by atoms with Crippen molar-refractivity contribution in [2.24, 2.45) is 0 Å². The number of fused-ring (bicyclic) bond motifs is 1. The maximum atomic E-state index is 12.3. The van der Waals surface area contributed by atoms with Crippen molar-refractivity contribution in [1.82, 2.24) is 5.32 Å². The number of hydrogen-bond acceptors (Lipinski definition) is 3. The van der Waals surface area contributed by atoms with Gasteiger partial charge in [0, 0.05) is 17.0 Å². The lowest BCUT2D eigenvalue weighted by Gasteiger charge is -2.30. The summed E-state index contributed by atoms with van der Waals surface area (Å²) >= 11 is 1.64. The second-order valence-electron chi connectivity index (χ2n) is 5.30. The van der Waals surface area contributed by atoms with Crippen LogP contribution in [0.1, 0.15) is 32.3 Å². The van der Waals surface area contributed by atoms with Gasteiger partial charge in [0.05, 0.1) is 5.25 Å². The third kappa shape index (κ3) is 3.31. The molecule has 4 heteroatoms. The molecular weight excluding hydrogens is 258 g/mol. The van der Waals surface area contributed by atoms with Crippen LogP contribution in [0.4, 0.5) is 0 Å². The Hall–Kier alpha value is -1.00. The molecule has 2 unspecified atom stereocenters. The van der Waals surface area contributed by atoms with E-state index in [4.69, 9.17) is 5.11 Å². The van der Waals surface area contributed by atoms with Crippen LogP contribution < -0.4 is 5.32 Å². The fourth-order valence-corrected chi connectivity index (χ4v) is 3.48. The highest BCUT2D eigenvalue weighted by Gasteiger charge is 2.32. The van der Waals surface area contributed by atoms with Gasteiger partial charge in [-0.15, -0.1) is 11.8 Å². The third-order valence-electron chi connectivity index (χ3n) is 3.81. The zero-order chi connectivity index (χ0) is 13.9. The Bertz CT molecular complexity index is 438. The van der Waals surface area contributed by atoms with E-state index in [1.807, 2.05) is 26.0 Å². The van der Waals surface area contributed by atoms with Crippen LogP contribution >= 0.6 is 11.8 Å². The fourth-order valence-electron chi connectivity index (χ4n) is 2.28. The van der Waals surface area contributed by atoms with Crippen molar-refractivity contribution < 1.29 is 9.90 Å². The monoisotopic (exact) mass is 279 g/mol. The van der Waals surface area contributed by atoms with Crippen molar-refractivity contribution >= 4 is 17.7 Å². The van der Waals surface area contributed by atoms with Gasteiger partial charge in [0.25, 0.3) is 0 Å². The Morgan fingerprint density at radius 2 is 2.26 bits per heavy atom. The van der Waals surface area contributed by atoms with E-state index in [1.165, 1.54) is 10.5 Å². The summed E-state index contributed by atoms with van der Waals surface area (Å²) in [5, 5.41) is 12.2. The molecule has 0 saturated carbocycles.